The first-order valence-corrected chi connectivity index (χ1v) is 18.1. The van der Waals surface area contributed by atoms with E-state index in [9.17, 15) is 24.3 Å². The molecule has 10 nitrogen and oxygen atoms in total. The fraction of sp³-hybridized carbons (Fsp3) is 0.889. The molecule has 0 spiro atoms. The number of esters is 2. The number of ether oxygens (including phenoxy) is 3. The summed E-state index contributed by atoms with van der Waals surface area (Å²) in [5.41, 5.74) is 0. The average molecular weight is 657 g/mol. The van der Waals surface area contributed by atoms with Crippen LogP contribution in [0.15, 0.2) is 0 Å². The normalized spacial score (nSPS) is 21.9. The van der Waals surface area contributed by atoms with Gasteiger partial charge in [-0.15, -0.1) is 0 Å². The molecule has 0 bridgehead atoms. The quantitative estimate of drug-likeness (QED) is 0.0805. The molecule has 5 unspecified atom stereocenters. The monoisotopic (exact) mass is 656 g/mol. The van der Waals surface area contributed by atoms with E-state index in [1.54, 1.807) is 0 Å². The minimum atomic E-state index is -0.828. The van der Waals surface area contributed by atoms with Crippen LogP contribution in [0.4, 0.5) is 0 Å². The van der Waals surface area contributed by atoms with Crippen LogP contribution >= 0.6 is 0 Å². The largest absolute Gasteiger partial charge is 0.481 e. The van der Waals surface area contributed by atoms with E-state index in [0.717, 1.165) is 44.4 Å². The SMILES string of the molecule is CC(C)CCCCCOCCOC(=O)C1CCCC(C(=O)O)C1.CCCCCCCCC(O)COC(=O)C1CCCC(C(=O)O)C1. The number of rotatable bonds is 22. The molecular formula is C36H64O10. The standard InChI is InChI=1S/2C18H32O5/c1-14(2)7-4-3-5-10-22-11-12-23-18(21)16-9-6-8-15(13-16)17(19)20;1-2-3-4-5-6-7-11-16(19)13-23-18(22)15-10-8-9-14(12-15)17(20)21/h14-16H,3-13H2,1-2H3,(H,19,20);14-16,19H,2-13H2,1H3,(H,20,21). The molecule has 0 aliphatic heterocycles. The van der Waals surface area contributed by atoms with Gasteiger partial charge in [0, 0.05) is 6.61 Å². The summed E-state index contributed by atoms with van der Waals surface area (Å²) in [4.78, 5) is 45.9. The second-order valence-corrected chi connectivity index (χ2v) is 13.7. The highest BCUT2D eigenvalue weighted by Crippen LogP contribution is 2.31. The van der Waals surface area contributed by atoms with Crippen molar-refractivity contribution in [2.75, 3.05) is 26.4 Å². The second kappa shape index (κ2) is 25.8. The zero-order valence-corrected chi connectivity index (χ0v) is 28.9. The highest BCUT2D eigenvalue weighted by atomic mass is 16.6. The van der Waals surface area contributed by atoms with Gasteiger partial charge in [0.1, 0.15) is 13.2 Å². The highest BCUT2D eigenvalue weighted by Gasteiger charge is 2.33. The molecule has 10 heteroatoms. The predicted octanol–water partition coefficient (Wildman–Crippen LogP) is 7.19. The summed E-state index contributed by atoms with van der Waals surface area (Å²) in [6.07, 6.45) is 16.8. The van der Waals surface area contributed by atoms with Gasteiger partial charge in [-0.3, -0.25) is 19.2 Å². The number of aliphatic hydroxyl groups is 1. The van der Waals surface area contributed by atoms with Crippen molar-refractivity contribution in [1.29, 1.82) is 0 Å². The van der Waals surface area contributed by atoms with Crippen LogP contribution in [0.25, 0.3) is 0 Å². The molecular weight excluding hydrogens is 592 g/mol. The van der Waals surface area contributed by atoms with Crippen LogP contribution < -0.4 is 0 Å². The van der Waals surface area contributed by atoms with E-state index < -0.39 is 29.9 Å². The van der Waals surface area contributed by atoms with Crippen LogP contribution in [0.3, 0.4) is 0 Å². The lowest BCUT2D eigenvalue weighted by Gasteiger charge is -2.25. The molecule has 0 aromatic rings. The number of carbonyl (C=O) groups excluding carboxylic acids is 2. The number of carboxylic acids is 2. The Balaban J connectivity index is 0.000000460. The summed E-state index contributed by atoms with van der Waals surface area (Å²) in [5, 5.41) is 27.9. The van der Waals surface area contributed by atoms with Crippen LogP contribution in [0.5, 0.6) is 0 Å². The van der Waals surface area contributed by atoms with Crippen molar-refractivity contribution in [3.63, 3.8) is 0 Å². The lowest BCUT2D eigenvalue weighted by molar-refractivity contribution is -0.156. The molecule has 2 rings (SSSR count). The minimum absolute atomic E-state index is 0.0298. The number of carbonyl (C=O) groups is 4. The van der Waals surface area contributed by atoms with Gasteiger partial charge in [-0.25, -0.2) is 0 Å². The van der Waals surface area contributed by atoms with Crippen LogP contribution in [0.1, 0.15) is 143 Å². The predicted molar refractivity (Wildman–Crippen MR) is 176 cm³/mol. The number of aliphatic carboxylic acids is 2. The summed E-state index contributed by atoms with van der Waals surface area (Å²) in [7, 11) is 0. The van der Waals surface area contributed by atoms with Crippen molar-refractivity contribution in [1.82, 2.24) is 0 Å². The molecule has 0 aromatic heterocycles. The van der Waals surface area contributed by atoms with Crippen molar-refractivity contribution < 1.29 is 48.7 Å². The maximum Gasteiger partial charge on any atom is 0.309 e. The van der Waals surface area contributed by atoms with Crippen LogP contribution in [-0.4, -0.2) is 71.7 Å². The third-order valence-electron chi connectivity index (χ3n) is 9.06. The van der Waals surface area contributed by atoms with Gasteiger partial charge in [0.15, 0.2) is 0 Å². The van der Waals surface area contributed by atoms with Crippen molar-refractivity contribution in [3.8, 4) is 0 Å². The van der Waals surface area contributed by atoms with E-state index in [1.807, 2.05) is 0 Å². The smallest absolute Gasteiger partial charge is 0.309 e. The van der Waals surface area contributed by atoms with E-state index in [-0.39, 0.29) is 37.0 Å². The maximum absolute atomic E-state index is 12.0. The fourth-order valence-electron chi connectivity index (χ4n) is 6.15. The summed E-state index contributed by atoms with van der Waals surface area (Å²) >= 11 is 0. The third kappa shape index (κ3) is 20.1. The molecule has 268 valence electrons. The van der Waals surface area contributed by atoms with Gasteiger partial charge < -0.3 is 29.5 Å². The van der Waals surface area contributed by atoms with Gasteiger partial charge in [-0.1, -0.05) is 91.4 Å². The zero-order valence-electron chi connectivity index (χ0n) is 28.9. The molecule has 46 heavy (non-hydrogen) atoms. The molecule has 2 aliphatic rings. The first kappa shape index (κ1) is 41.8. The summed E-state index contributed by atoms with van der Waals surface area (Å²) < 4.78 is 15.9. The van der Waals surface area contributed by atoms with E-state index in [2.05, 4.69) is 20.8 Å². The number of aliphatic hydroxyl groups excluding tert-OH is 1. The lowest BCUT2D eigenvalue weighted by atomic mass is 9.81. The van der Waals surface area contributed by atoms with Gasteiger partial charge in [-0.2, -0.15) is 0 Å². The Labute approximate surface area is 277 Å². The average Bonchev–Trinajstić information content (AvgIpc) is 3.04. The third-order valence-corrected chi connectivity index (χ3v) is 9.06. The van der Waals surface area contributed by atoms with Gasteiger partial charge in [0.05, 0.1) is 36.4 Å². The maximum atomic E-state index is 12.0. The van der Waals surface area contributed by atoms with Crippen molar-refractivity contribution in [3.05, 3.63) is 0 Å². The van der Waals surface area contributed by atoms with Crippen molar-refractivity contribution in [2.45, 2.75) is 149 Å². The molecule has 5 atom stereocenters. The lowest BCUT2D eigenvalue weighted by Crippen LogP contribution is -2.30. The summed E-state index contributed by atoms with van der Waals surface area (Å²) in [6, 6.07) is 0. The second-order valence-electron chi connectivity index (χ2n) is 13.7. The van der Waals surface area contributed by atoms with E-state index in [4.69, 9.17) is 24.4 Å². The first-order chi connectivity index (χ1) is 22.0. The number of hydrogen-bond donors (Lipinski definition) is 3. The molecule has 2 fully saturated rings. The van der Waals surface area contributed by atoms with E-state index >= 15 is 0 Å². The Bertz CT molecular complexity index is 845. The van der Waals surface area contributed by atoms with Gasteiger partial charge in [-0.05, 0) is 57.3 Å². The Morgan fingerprint density at radius 1 is 0.630 bits per heavy atom. The van der Waals surface area contributed by atoms with Gasteiger partial charge >= 0.3 is 23.9 Å². The summed E-state index contributed by atoms with van der Waals surface area (Å²) in [6.45, 7) is 8.07. The number of hydrogen-bond acceptors (Lipinski definition) is 8. The number of unbranched alkanes of at least 4 members (excludes halogenated alkanes) is 7. The Kier molecular flexibility index (Phi) is 23.5. The minimum Gasteiger partial charge on any atom is -0.481 e. The molecule has 0 aromatic carbocycles. The molecule has 0 radical (unpaired) electrons. The highest BCUT2D eigenvalue weighted by molar-refractivity contribution is 5.76. The molecule has 3 N–H and O–H groups in total. The molecule has 0 heterocycles. The number of carboxylic acid groups (broad SMARTS) is 2. The molecule has 0 saturated heterocycles. The fourth-order valence-corrected chi connectivity index (χ4v) is 6.15. The van der Waals surface area contributed by atoms with Crippen molar-refractivity contribution >= 4 is 23.9 Å². The van der Waals surface area contributed by atoms with E-state index in [0.29, 0.717) is 51.7 Å². The zero-order chi connectivity index (χ0) is 34.2. The molecule has 0 amide bonds. The topological polar surface area (TPSA) is 157 Å². The van der Waals surface area contributed by atoms with Crippen LogP contribution in [0, 0.1) is 29.6 Å². The van der Waals surface area contributed by atoms with E-state index in [1.165, 1.54) is 44.9 Å². The molecule has 2 saturated carbocycles. The molecule has 2 aliphatic carbocycles. The summed E-state index contributed by atoms with van der Waals surface area (Å²) in [5.74, 6) is -2.91. The first-order valence-electron chi connectivity index (χ1n) is 18.1. The van der Waals surface area contributed by atoms with Crippen LogP contribution in [-0.2, 0) is 33.4 Å². The Morgan fingerprint density at radius 3 is 1.70 bits per heavy atom. The van der Waals surface area contributed by atoms with Gasteiger partial charge in [0.2, 0.25) is 0 Å². The van der Waals surface area contributed by atoms with Gasteiger partial charge in [0.25, 0.3) is 0 Å². The van der Waals surface area contributed by atoms with Crippen molar-refractivity contribution in [2.24, 2.45) is 29.6 Å². The Morgan fingerprint density at radius 2 is 1.13 bits per heavy atom. The Hall–Kier alpha value is -2.20. The van der Waals surface area contributed by atoms with Crippen LogP contribution in [0.2, 0.25) is 0 Å².